The molecular weight excluding hydrogens is 372 g/mol. The first-order valence-electron chi connectivity index (χ1n) is 9.14. The van der Waals surface area contributed by atoms with Gasteiger partial charge in [0, 0.05) is 24.6 Å². The quantitative estimate of drug-likeness (QED) is 0.627. The third-order valence-electron chi connectivity index (χ3n) is 4.97. The van der Waals surface area contributed by atoms with Crippen LogP contribution in [0.3, 0.4) is 0 Å². The van der Waals surface area contributed by atoms with Crippen LogP contribution in [0.2, 0.25) is 0 Å². The minimum Gasteiger partial charge on any atom is -0.495 e. The Balaban J connectivity index is 1.83. The molecule has 6 nitrogen and oxygen atoms in total. The number of ether oxygens (including phenoxy) is 1. The summed E-state index contributed by atoms with van der Waals surface area (Å²) in [7, 11) is 1.67. The molecule has 4 rings (SSSR count). The molecule has 3 aromatic rings. The van der Waals surface area contributed by atoms with Crippen molar-refractivity contribution in [1.29, 1.82) is 0 Å². The van der Waals surface area contributed by atoms with E-state index in [0.717, 1.165) is 22.8 Å². The minimum absolute atomic E-state index is 0.0165. The van der Waals surface area contributed by atoms with Crippen LogP contribution in [0, 0.1) is 0 Å². The number of β-amino-alcohol motifs (C(OH)–C–C–N with tert-alkyl or cyclic N) is 1. The Hall–Kier alpha value is -2.90. The van der Waals surface area contributed by atoms with Crippen molar-refractivity contribution in [2.24, 2.45) is 0 Å². The molecule has 0 spiro atoms. The molecule has 1 fully saturated rings. The number of aromatic nitrogens is 2. The highest BCUT2D eigenvalue weighted by Crippen LogP contribution is 2.40. The molecule has 28 heavy (non-hydrogen) atoms. The molecule has 0 aliphatic carbocycles. The van der Waals surface area contributed by atoms with E-state index in [1.165, 1.54) is 0 Å². The van der Waals surface area contributed by atoms with E-state index in [4.69, 9.17) is 17.0 Å². The predicted molar refractivity (Wildman–Crippen MR) is 112 cm³/mol. The molecule has 0 unspecified atom stereocenters. The molecule has 0 amide bonds. The summed E-state index contributed by atoms with van der Waals surface area (Å²) in [6.45, 7) is 0.458. The van der Waals surface area contributed by atoms with Gasteiger partial charge in [0.1, 0.15) is 5.75 Å². The number of aliphatic hydroxyl groups is 1. The number of rotatable bonds is 6. The molecule has 2 atom stereocenters. The molecule has 1 aliphatic heterocycles. The van der Waals surface area contributed by atoms with Crippen LogP contribution in [-0.4, -0.2) is 44.9 Å². The molecule has 7 heteroatoms. The Bertz CT molecular complexity index is 960. The minimum atomic E-state index is -0.122. The number of hydrogen-bond donors (Lipinski definition) is 2. The fraction of sp³-hybridized carbons (Fsp3) is 0.238. The van der Waals surface area contributed by atoms with Crippen molar-refractivity contribution in [2.45, 2.75) is 12.1 Å². The van der Waals surface area contributed by atoms with Crippen LogP contribution in [0.1, 0.15) is 23.5 Å². The van der Waals surface area contributed by atoms with Crippen LogP contribution in [0.5, 0.6) is 5.75 Å². The fourth-order valence-electron chi connectivity index (χ4n) is 3.76. The van der Waals surface area contributed by atoms with Crippen LogP contribution >= 0.6 is 12.2 Å². The Kier molecular flexibility index (Phi) is 5.27. The molecule has 2 N–H and O–H groups in total. The van der Waals surface area contributed by atoms with E-state index in [1.807, 2.05) is 59.6 Å². The first kappa shape index (κ1) is 18.5. The largest absolute Gasteiger partial charge is 0.495 e. The smallest absolute Gasteiger partial charge is 0.170 e. The maximum absolute atomic E-state index is 9.61. The predicted octanol–water partition coefficient (Wildman–Crippen LogP) is 2.85. The van der Waals surface area contributed by atoms with Gasteiger partial charge in [-0.2, -0.15) is 0 Å². The van der Waals surface area contributed by atoms with Crippen molar-refractivity contribution in [2.75, 3.05) is 20.3 Å². The van der Waals surface area contributed by atoms with Crippen molar-refractivity contribution in [3.05, 3.63) is 78.4 Å². The maximum atomic E-state index is 9.61. The van der Waals surface area contributed by atoms with Crippen molar-refractivity contribution in [1.82, 2.24) is 19.8 Å². The zero-order valence-electron chi connectivity index (χ0n) is 15.5. The summed E-state index contributed by atoms with van der Waals surface area (Å²) < 4.78 is 7.68. The van der Waals surface area contributed by atoms with Gasteiger partial charge < -0.3 is 24.6 Å². The molecule has 1 saturated heterocycles. The van der Waals surface area contributed by atoms with Gasteiger partial charge >= 0.3 is 0 Å². The summed E-state index contributed by atoms with van der Waals surface area (Å²) in [6, 6.07) is 17.6. The number of nitrogens with one attached hydrogen (secondary N) is 1. The van der Waals surface area contributed by atoms with Crippen LogP contribution in [0.15, 0.2) is 67.0 Å². The topological polar surface area (TPSA) is 62.5 Å². The van der Waals surface area contributed by atoms with Gasteiger partial charge in [0.25, 0.3) is 0 Å². The summed E-state index contributed by atoms with van der Waals surface area (Å²) in [5.41, 5.74) is 2.90. The molecule has 2 aromatic heterocycles. The Morgan fingerprint density at radius 2 is 1.96 bits per heavy atom. The monoisotopic (exact) mass is 394 g/mol. The molecule has 144 valence electrons. The van der Waals surface area contributed by atoms with Gasteiger partial charge in [0.05, 0.1) is 37.2 Å². The van der Waals surface area contributed by atoms with E-state index in [0.29, 0.717) is 11.7 Å². The summed E-state index contributed by atoms with van der Waals surface area (Å²) in [6.07, 6.45) is 3.80. The third kappa shape index (κ3) is 3.23. The van der Waals surface area contributed by atoms with E-state index in [1.54, 1.807) is 13.3 Å². The SMILES string of the molecule is COc1ccccc1-n1cccc1[C@H]1[C@@H](c2ccccn2)NC(=S)N1CCO. The van der Waals surface area contributed by atoms with E-state index in [9.17, 15) is 5.11 Å². The molecule has 0 radical (unpaired) electrons. The van der Waals surface area contributed by atoms with E-state index < -0.39 is 0 Å². The van der Waals surface area contributed by atoms with Crippen LogP contribution < -0.4 is 10.1 Å². The van der Waals surface area contributed by atoms with Crippen molar-refractivity contribution >= 4 is 17.3 Å². The van der Waals surface area contributed by atoms with Crippen molar-refractivity contribution < 1.29 is 9.84 Å². The van der Waals surface area contributed by atoms with Gasteiger partial charge in [-0.05, 0) is 48.6 Å². The average Bonchev–Trinajstić information content (AvgIpc) is 3.33. The van der Waals surface area contributed by atoms with Gasteiger partial charge in [-0.15, -0.1) is 0 Å². The summed E-state index contributed by atoms with van der Waals surface area (Å²) in [5, 5.41) is 13.6. The molecule has 1 aromatic carbocycles. The molecule has 0 bridgehead atoms. The summed E-state index contributed by atoms with van der Waals surface area (Å²) in [4.78, 5) is 6.56. The normalized spacial score (nSPS) is 18.9. The lowest BCUT2D eigenvalue weighted by Gasteiger charge is -2.28. The summed E-state index contributed by atoms with van der Waals surface area (Å²) in [5.74, 6) is 0.788. The molecule has 0 saturated carbocycles. The average molecular weight is 395 g/mol. The number of hydrogen-bond acceptors (Lipinski definition) is 4. The first-order chi connectivity index (χ1) is 13.7. The first-order valence-corrected chi connectivity index (χ1v) is 9.55. The Morgan fingerprint density at radius 1 is 1.14 bits per heavy atom. The lowest BCUT2D eigenvalue weighted by Crippen LogP contribution is -2.32. The number of benzene rings is 1. The van der Waals surface area contributed by atoms with Crippen molar-refractivity contribution in [3.63, 3.8) is 0 Å². The van der Waals surface area contributed by atoms with Gasteiger partial charge in [0.2, 0.25) is 0 Å². The molecule has 1 aliphatic rings. The maximum Gasteiger partial charge on any atom is 0.170 e. The number of aliphatic hydroxyl groups excluding tert-OH is 1. The number of methoxy groups -OCH3 is 1. The van der Waals surface area contributed by atoms with Gasteiger partial charge in [-0.3, -0.25) is 4.98 Å². The van der Waals surface area contributed by atoms with Gasteiger partial charge in [-0.25, -0.2) is 0 Å². The lowest BCUT2D eigenvalue weighted by atomic mass is 10.0. The van der Waals surface area contributed by atoms with E-state index in [-0.39, 0.29) is 18.7 Å². The highest BCUT2D eigenvalue weighted by Gasteiger charge is 2.41. The summed E-state index contributed by atoms with van der Waals surface area (Å²) >= 11 is 5.58. The second-order valence-electron chi connectivity index (χ2n) is 6.52. The second-order valence-corrected chi connectivity index (χ2v) is 6.91. The van der Waals surface area contributed by atoms with Gasteiger partial charge in [0.15, 0.2) is 5.11 Å². The highest BCUT2D eigenvalue weighted by atomic mass is 32.1. The number of para-hydroxylation sites is 2. The van der Waals surface area contributed by atoms with E-state index in [2.05, 4.69) is 20.9 Å². The van der Waals surface area contributed by atoms with Crippen LogP contribution in [0.25, 0.3) is 5.69 Å². The standard InChI is InChI=1S/C21H22N4O2S/c1-27-18-10-3-2-8-16(18)24-12-6-9-17(24)20-19(15-7-4-5-11-22-15)23-21(28)25(20)13-14-26/h2-12,19-20,26H,13-14H2,1H3,(H,23,28)/t19-,20+/m1/s1. The number of pyridine rings is 1. The van der Waals surface area contributed by atoms with Crippen molar-refractivity contribution in [3.8, 4) is 11.4 Å². The lowest BCUT2D eigenvalue weighted by molar-refractivity contribution is 0.220. The highest BCUT2D eigenvalue weighted by molar-refractivity contribution is 7.80. The van der Waals surface area contributed by atoms with Crippen LogP contribution in [-0.2, 0) is 0 Å². The number of thiocarbonyl (C=S) groups is 1. The Morgan fingerprint density at radius 3 is 2.71 bits per heavy atom. The number of nitrogens with zero attached hydrogens (tertiary/aromatic N) is 3. The second kappa shape index (κ2) is 8.00. The van der Waals surface area contributed by atoms with Crippen LogP contribution in [0.4, 0.5) is 0 Å². The fourth-order valence-corrected chi connectivity index (χ4v) is 4.09. The third-order valence-corrected chi connectivity index (χ3v) is 5.32. The Labute approximate surface area is 169 Å². The zero-order valence-corrected chi connectivity index (χ0v) is 16.3. The van der Waals surface area contributed by atoms with Gasteiger partial charge in [-0.1, -0.05) is 18.2 Å². The van der Waals surface area contributed by atoms with E-state index >= 15 is 0 Å². The molecular formula is C21H22N4O2S. The zero-order chi connectivity index (χ0) is 19.5. The molecule has 3 heterocycles.